The average molecular weight is 428 g/mol. The summed E-state index contributed by atoms with van der Waals surface area (Å²) >= 11 is 0. The van der Waals surface area contributed by atoms with Gasteiger partial charge in [-0.2, -0.15) is 5.26 Å². The van der Waals surface area contributed by atoms with E-state index in [0.29, 0.717) is 43.6 Å². The first-order chi connectivity index (χ1) is 14.5. The van der Waals surface area contributed by atoms with Gasteiger partial charge in [-0.1, -0.05) is 20.8 Å². The molecule has 1 saturated heterocycles. The molecule has 1 aromatic rings. The summed E-state index contributed by atoms with van der Waals surface area (Å²) in [4.78, 5) is 39.0. The molecule has 0 saturated carbocycles. The van der Waals surface area contributed by atoms with Crippen LogP contribution in [0.25, 0.3) is 0 Å². The molecule has 1 unspecified atom stereocenters. The first-order valence-electron chi connectivity index (χ1n) is 10.6. The molecule has 31 heavy (non-hydrogen) atoms. The molecule has 1 fully saturated rings. The van der Waals surface area contributed by atoms with Crippen LogP contribution in [-0.4, -0.2) is 54.3 Å². The van der Waals surface area contributed by atoms with Gasteiger partial charge in [-0.3, -0.25) is 14.4 Å². The SMILES string of the molecule is CC(=O)Nc1ccc(C(=O)NC(CC(C)(C)C)C(=O)N(C)C2(C#N)CCNCC2)cc1. The topological polar surface area (TPSA) is 114 Å². The summed E-state index contributed by atoms with van der Waals surface area (Å²) in [5.41, 5.74) is -0.103. The average Bonchev–Trinajstić information content (AvgIpc) is 2.71. The minimum absolute atomic E-state index is 0.194. The summed E-state index contributed by atoms with van der Waals surface area (Å²) in [6.07, 6.45) is 1.53. The molecule has 1 aromatic carbocycles. The Kier molecular flexibility index (Phi) is 7.80. The first kappa shape index (κ1) is 24.4. The zero-order valence-electron chi connectivity index (χ0n) is 19.0. The number of nitrogens with zero attached hydrogens (tertiary/aromatic N) is 2. The lowest BCUT2D eigenvalue weighted by atomic mass is 9.84. The molecule has 1 heterocycles. The van der Waals surface area contributed by atoms with E-state index in [0.717, 1.165) is 0 Å². The molecule has 1 aliphatic heterocycles. The normalized spacial score (nSPS) is 16.5. The van der Waals surface area contributed by atoms with Gasteiger partial charge >= 0.3 is 0 Å². The van der Waals surface area contributed by atoms with E-state index in [-0.39, 0.29) is 23.1 Å². The number of nitrogens with one attached hydrogen (secondary N) is 3. The molecule has 0 aromatic heterocycles. The van der Waals surface area contributed by atoms with E-state index in [1.807, 2.05) is 20.8 Å². The van der Waals surface area contributed by atoms with Gasteiger partial charge in [0.05, 0.1) is 6.07 Å². The third-order valence-corrected chi connectivity index (χ3v) is 5.50. The molecule has 3 amide bonds. The molecule has 0 aliphatic carbocycles. The van der Waals surface area contributed by atoms with Gasteiger partial charge in [-0.25, -0.2) is 0 Å². The van der Waals surface area contributed by atoms with Gasteiger partial charge in [-0.05, 0) is 62.0 Å². The second-order valence-electron chi connectivity index (χ2n) is 9.34. The monoisotopic (exact) mass is 427 g/mol. The standard InChI is InChI=1S/C23H33N5O3/c1-16(29)26-18-8-6-17(7-9-18)20(30)27-19(14-22(2,3)4)21(31)28(5)23(15-24)10-12-25-13-11-23/h6-9,19,25H,10-14H2,1-5H3,(H,26,29)(H,27,30). The molecule has 8 nitrogen and oxygen atoms in total. The number of amides is 3. The van der Waals surface area contributed by atoms with Gasteiger partial charge in [0, 0.05) is 25.2 Å². The fraction of sp³-hybridized carbons (Fsp3) is 0.565. The molecule has 0 spiro atoms. The van der Waals surface area contributed by atoms with Crippen LogP contribution in [0.4, 0.5) is 5.69 Å². The third-order valence-electron chi connectivity index (χ3n) is 5.50. The Balaban J connectivity index is 2.21. The van der Waals surface area contributed by atoms with Crippen LogP contribution < -0.4 is 16.0 Å². The number of nitriles is 1. The molecule has 3 N–H and O–H groups in total. The van der Waals surface area contributed by atoms with E-state index >= 15 is 0 Å². The second kappa shape index (κ2) is 9.92. The van der Waals surface area contributed by atoms with Crippen molar-refractivity contribution in [2.45, 2.75) is 58.5 Å². The van der Waals surface area contributed by atoms with Gasteiger partial charge in [0.1, 0.15) is 11.6 Å². The second-order valence-corrected chi connectivity index (χ2v) is 9.34. The molecular formula is C23H33N5O3. The number of hydrogen-bond acceptors (Lipinski definition) is 5. The Hall–Kier alpha value is -2.92. The Morgan fingerprint density at radius 2 is 1.77 bits per heavy atom. The summed E-state index contributed by atoms with van der Waals surface area (Å²) in [5.74, 6) is -0.830. The van der Waals surface area contributed by atoms with E-state index in [1.54, 1.807) is 31.3 Å². The number of carbonyl (C=O) groups excluding carboxylic acids is 3. The Labute approximate surface area is 184 Å². The number of rotatable bonds is 6. The van der Waals surface area contributed by atoms with Gasteiger partial charge in [0.15, 0.2) is 0 Å². The van der Waals surface area contributed by atoms with Crippen LogP contribution >= 0.6 is 0 Å². The summed E-state index contributed by atoms with van der Waals surface area (Å²) < 4.78 is 0. The van der Waals surface area contributed by atoms with Crippen molar-refractivity contribution >= 4 is 23.4 Å². The van der Waals surface area contributed by atoms with Gasteiger partial charge in [-0.15, -0.1) is 0 Å². The highest BCUT2D eigenvalue weighted by molar-refractivity contribution is 5.98. The van der Waals surface area contributed by atoms with Crippen LogP contribution in [-0.2, 0) is 9.59 Å². The smallest absolute Gasteiger partial charge is 0.251 e. The molecular weight excluding hydrogens is 394 g/mol. The maximum Gasteiger partial charge on any atom is 0.251 e. The molecule has 8 heteroatoms. The van der Waals surface area contributed by atoms with Crippen molar-refractivity contribution in [1.29, 1.82) is 5.26 Å². The van der Waals surface area contributed by atoms with Gasteiger partial charge in [0.25, 0.3) is 5.91 Å². The number of hydrogen-bond donors (Lipinski definition) is 3. The summed E-state index contributed by atoms with van der Waals surface area (Å²) in [7, 11) is 1.65. The maximum atomic E-state index is 13.4. The van der Waals surface area contributed by atoms with Crippen molar-refractivity contribution in [2.24, 2.45) is 5.41 Å². The Morgan fingerprint density at radius 3 is 2.26 bits per heavy atom. The van der Waals surface area contributed by atoms with E-state index in [1.165, 1.54) is 11.8 Å². The molecule has 0 bridgehead atoms. The zero-order valence-corrected chi connectivity index (χ0v) is 19.0. The van der Waals surface area contributed by atoms with Crippen molar-refractivity contribution in [3.05, 3.63) is 29.8 Å². The summed E-state index contributed by atoms with van der Waals surface area (Å²) in [6, 6.07) is 8.07. The minimum atomic E-state index is -0.872. The van der Waals surface area contributed by atoms with Crippen molar-refractivity contribution in [1.82, 2.24) is 15.5 Å². The minimum Gasteiger partial charge on any atom is -0.340 e. The van der Waals surface area contributed by atoms with Crippen molar-refractivity contribution < 1.29 is 14.4 Å². The molecule has 168 valence electrons. The highest BCUT2D eigenvalue weighted by Gasteiger charge is 2.42. The van der Waals surface area contributed by atoms with Gasteiger partial charge in [0.2, 0.25) is 11.8 Å². The predicted octanol–water partition coefficient (Wildman–Crippen LogP) is 2.28. The Morgan fingerprint density at radius 1 is 1.19 bits per heavy atom. The van der Waals surface area contributed by atoms with Crippen LogP contribution in [0, 0.1) is 16.7 Å². The third kappa shape index (κ3) is 6.53. The highest BCUT2D eigenvalue weighted by atomic mass is 16.2. The van der Waals surface area contributed by atoms with Gasteiger partial charge < -0.3 is 20.9 Å². The van der Waals surface area contributed by atoms with Crippen LogP contribution in [0.3, 0.4) is 0 Å². The van der Waals surface area contributed by atoms with Crippen molar-refractivity contribution in [2.75, 3.05) is 25.5 Å². The number of likely N-dealkylation sites (N-methyl/N-ethyl adjacent to an activating group) is 1. The molecule has 2 rings (SSSR count). The molecule has 1 aliphatic rings. The largest absolute Gasteiger partial charge is 0.340 e. The maximum absolute atomic E-state index is 13.4. The predicted molar refractivity (Wildman–Crippen MR) is 119 cm³/mol. The molecule has 0 radical (unpaired) electrons. The van der Waals surface area contributed by atoms with Crippen LogP contribution in [0.2, 0.25) is 0 Å². The summed E-state index contributed by atoms with van der Waals surface area (Å²) in [6.45, 7) is 8.77. The Bertz CT molecular complexity index is 845. The number of anilines is 1. The van der Waals surface area contributed by atoms with Crippen molar-refractivity contribution in [3.8, 4) is 6.07 Å². The quantitative estimate of drug-likeness (QED) is 0.644. The lowest BCUT2D eigenvalue weighted by Crippen LogP contribution is -2.59. The van der Waals surface area contributed by atoms with Crippen LogP contribution in [0.1, 0.15) is 57.3 Å². The van der Waals surface area contributed by atoms with E-state index in [4.69, 9.17) is 0 Å². The lowest BCUT2D eigenvalue weighted by Gasteiger charge is -2.41. The zero-order chi connectivity index (χ0) is 23.2. The lowest BCUT2D eigenvalue weighted by molar-refractivity contribution is -0.137. The van der Waals surface area contributed by atoms with E-state index in [2.05, 4.69) is 22.0 Å². The number of piperidine rings is 1. The van der Waals surface area contributed by atoms with Crippen LogP contribution in [0.5, 0.6) is 0 Å². The number of carbonyl (C=O) groups is 3. The van der Waals surface area contributed by atoms with E-state index in [9.17, 15) is 19.6 Å². The number of benzene rings is 1. The summed E-state index contributed by atoms with van der Waals surface area (Å²) in [5, 5.41) is 18.6. The fourth-order valence-electron chi connectivity index (χ4n) is 3.77. The van der Waals surface area contributed by atoms with Crippen molar-refractivity contribution in [3.63, 3.8) is 0 Å². The highest BCUT2D eigenvalue weighted by Crippen LogP contribution is 2.28. The molecule has 1 atom stereocenters. The first-order valence-corrected chi connectivity index (χ1v) is 10.6. The van der Waals surface area contributed by atoms with E-state index < -0.39 is 11.6 Å². The fourth-order valence-corrected chi connectivity index (χ4v) is 3.77. The van der Waals surface area contributed by atoms with Crippen LogP contribution in [0.15, 0.2) is 24.3 Å².